The van der Waals surface area contributed by atoms with E-state index in [1.54, 1.807) is 6.20 Å². The van der Waals surface area contributed by atoms with Crippen LogP contribution in [-0.2, 0) is 6.54 Å². The number of carbonyl (C=O) groups is 1. The second-order valence-corrected chi connectivity index (χ2v) is 7.40. The maximum Gasteiger partial charge on any atom is 0.271 e. The molecule has 2 aromatic heterocycles. The lowest BCUT2D eigenvalue weighted by Crippen LogP contribution is -2.41. The first-order chi connectivity index (χ1) is 12.8. The van der Waals surface area contributed by atoms with Crippen LogP contribution in [0.25, 0.3) is 0 Å². The second kappa shape index (κ2) is 7.95. The molecule has 1 atom stereocenters. The first-order valence-electron chi connectivity index (χ1n) is 9.58. The zero-order valence-corrected chi connectivity index (χ0v) is 15.0. The molecule has 0 radical (unpaired) electrons. The standard InChI is InChI=1S/C19H26N6O/c26-19(18-11-20-9-10-21-18)22-7-5-16-13-24(12-15-3-1-2-4-15)14-17-6-8-23-25(16)17/h6,8-11,15-16H,1-5,7,12-14H2,(H,22,26)/t16-/m0/s1. The number of carbonyl (C=O) groups excluding carboxylic acids is 1. The van der Waals surface area contributed by atoms with Crippen LogP contribution in [-0.4, -0.2) is 50.2 Å². The van der Waals surface area contributed by atoms with Crippen molar-refractivity contribution >= 4 is 5.91 Å². The number of fused-ring (bicyclic) bond motifs is 1. The van der Waals surface area contributed by atoms with Gasteiger partial charge in [-0.25, -0.2) is 4.98 Å². The number of hydrogen-bond acceptors (Lipinski definition) is 5. The summed E-state index contributed by atoms with van der Waals surface area (Å²) in [5.41, 5.74) is 1.64. The van der Waals surface area contributed by atoms with Crippen LogP contribution in [0.1, 0.15) is 54.3 Å². The number of rotatable bonds is 6. The zero-order valence-electron chi connectivity index (χ0n) is 15.0. The lowest BCUT2D eigenvalue weighted by Gasteiger charge is -2.35. The van der Waals surface area contributed by atoms with Crippen molar-refractivity contribution in [3.8, 4) is 0 Å². The molecule has 0 bridgehead atoms. The number of nitrogens with one attached hydrogen (secondary N) is 1. The van der Waals surface area contributed by atoms with Crippen molar-refractivity contribution in [1.82, 2.24) is 30.0 Å². The second-order valence-electron chi connectivity index (χ2n) is 7.40. The molecule has 0 spiro atoms. The Balaban J connectivity index is 1.33. The highest BCUT2D eigenvalue weighted by Gasteiger charge is 2.27. The summed E-state index contributed by atoms with van der Waals surface area (Å²) >= 11 is 0. The number of aromatic nitrogens is 4. The molecule has 4 rings (SSSR count). The minimum Gasteiger partial charge on any atom is -0.351 e. The van der Waals surface area contributed by atoms with Gasteiger partial charge in [-0.1, -0.05) is 12.8 Å². The Bertz CT molecular complexity index is 725. The molecule has 2 aliphatic rings. The Hall–Kier alpha value is -2.28. The summed E-state index contributed by atoms with van der Waals surface area (Å²) < 4.78 is 2.14. The summed E-state index contributed by atoms with van der Waals surface area (Å²) in [4.78, 5) is 22.7. The Morgan fingerprint density at radius 1 is 1.23 bits per heavy atom. The molecule has 7 nitrogen and oxygen atoms in total. The van der Waals surface area contributed by atoms with Gasteiger partial charge in [-0.15, -0.1) is 0 Å². The van der Waals surface area contributed by atoms with E-state index in [1.807, 2.05) is 6.20 Å². The van der Waals surface area contributed by atoms with Crippen LogP contribution < -0.4 is 5.32 Å². The Morgan fingerprint density at radius 2 is 2.12 bits per heavy atom. The summed E-state index contributed by atoms with van der Waals surface area (Å²) in [5, 5.41) is 7.47. The van der Waals surface area contributed by atoms with Crippen molar-refractivity contribution in [2.24, 2.45) is 5.92 Å². The van der Waals surface area contributed by atoms with Gasteiger partial charge in [0.25, 0.3) is 5.91 Å². The first kappa shape index (κ1) is 17.1. The number of nitrogens with zero attached hydrogens (tertiary/aromatic N) is 5. The lowest BCUT2D eigenvalue weighted by molar-refractivity contribution is 0.0940. The van der Waals surface area contributed by atoms with Crippen molar-refractivity contribution in [1.29, 1.82) is 0 Å². The van der Waals surface area contributed by atoms with Gasteiger partial charge in [0.1, 0.15) is 5.69 Å². The van der Waals surface area contributed by atoms with Crippen LogP contribution in [0, 0.1) is 5.92 Å². The smallest absolute Gasteiger partial charge is 0.271 e. The van der Waals surface area contributed by atoms with E-state index in [2.05, 4.69) is 36.0 Å². The predicted octanol–water partition coefficient (Wildman–Crippen LogP) is 2.04. The molecule has 3 heterocycles. The maximum atomic E-state index is 12.1. The summed E-state index contributed by atoms with van der Waals surface area (Å²) in [6, 6.07) is 2.42. The molecular formula is C19H26N6O. The van der Waals surface area contributed by atoms with Gasteiger partial charge in [-0.2, -0.15) is 5.10 Å². The maximum absolute atomic E-state index is 12.1. The first-order valence-corrected chi connectivity index (χ1v) is 9.58. The predicted molar refractivity (Wildman–Crippen MR) is 97.5 cm³/mol. The topological polar surface area (TPSA) is 75.9 Å². The molecule has 1 aliphatic carbocycles. The molecule has 2 aromatic rings. The lowest BCUT2D eigenvalue weighted by atomic mass is 10.0. The Kier molecular flexibility index (Phi) is 5.24. The summed E-state index contributed by atoms with van der Waals surface area (Å²) in [7, 11) is 0. The van der Waals surface area contributed by atoms with Gasteiger partial charge in [-0.05, 0) is 31.2 Å². The minimum absolute atomic E-state index is 0.169. The molecule has 1 aliphatic heterocycles. The SMILES string of the molecule is O=C(NCC[C@H]1CN(CC2CCCC2)Cc2ccnn21)c1cnccn1. The number of hydrogen-bond donors (Lipinski definition) is 1. The van der Waals surface area contributed by atoms with E-state index < -0.39 is 0 Å². The van der Waals surface area contributed by atoms with E-state index >= 15 is 0 Å². The van der Waals surface area contributed by atoms with Gasteiger partial charge in [0.15, 0.2) is 0 Å². The monoisotopic (exact) mass is 354 g/mol. The average molecular weight is 354 g/mol. The van der Waals surface area contributed by atoms with E-state index in [4.69, 9.17) is 0 Å². The molecule has 1 amide bonds. The van der Waals surface area contributed by atoms with Crippen molar-refractivity contribution in [3.05, 3.63) is 42.2 Å². The molecule has 138 valence electrons. The van der Waals surface area contributed by atoms with Gasteiger partial charge in [0.05, 0.1) is 17.9 Å². The minimum atomic E-state index is -0.169. The van der Waals surface area contributed by atoms with Crippen molar-refractivity contribution in [3.63, 3.8) is 0 Å². The molecule has 0 aromatic carbocycles. The quantitative estimate of drug-likeness (QED) is 0.859. The van der Waals surface area contributed by atoms with Gasteiger partial charge < -0.3 is 5.32 Å². The fourth-order valence-electron chi connectivity index (χ4n) is 4.23. The average Bonchev–Trinajstić information content (AvgIpc) is 3.34. The molecule has 26 heavy (non-hydrogen) atoms. The third kappa shape index (κ3) is 3.93. The summed E-state index contributed by atoms with van der Waals surface area (Å²) in [6.07, 6.45) is 12.8. The molecule has 1 saturated carbocycles. The molecule has 1 N–H and O–H groups in total. The van der Waals surface area contributed by atoms with E-state index in [0.717, 1.165) is 25.4 Å². The van der Waals surface area contributed by atoms with Crippen LogP contribution in [0.4, 0.5) is 0 Å². The van der Waals surface area contributed by atoms with Crippen LogP contribution in [0.3, 0.4) is 0 Å². The highest BCUT2D eigenvalue weighted by molar-refractivity contribution is 5.91. The molecule has 0 saturated heterocycles. The normalized spacial score (nSPS) is 20.8. The van der Waals surface area contributed by atoms with E-state index in [1.165, 1.54) is 50.3 Å². The van der Waals surface area contributed by atoms with Crippen LogP contribution >= 0.6 is 0 Å². The Labute approximate surface area is 153 Å². The van der Waals surface area contributed by atoms with Gasteiger partial charge in [-0.3, -0.25) is 19.4 Å². The largest absolute Gasteiger partial charge is 0.351 e. The van der Waals surface area contributed by atoms with Crippen LogP contribution in [0.5, 0.6) is 0 Å². The number of amides is 1. The van der Waals surface area contributed by atoms with Gasteiger partial charge >= 0.3 is 0 Å². The zero-order chi connectivity index (χ0) is 17.8. The molecular weight excluding hydrogens is 328 g/mol. The molecule has 0 unspecified atom stereocenters. The molecule has 1 fully saturated rings. The third-order valence-electron chi connectivity index (χ3n) is 5.50. The van der Waals surface area contributed by atoms with Gasteiger partial charge in [0, 0.05) is 44.8 Å². The highest BCUT2D eigenvalue weighted by Crippen LogP contribution is 2.29. The molecule has 7 heteroatoms. The van der Waals surface area contributed by atoms with E-state index in [9.17, 15) is 4.79 Å². The van der Waals surface area contributed by atoms with Gasteiger partial charge in [0.2, 0.25) is 0 Å². The van der Waals surface area contributed by atoms with Crippen molar-refractivity contribution in [2.45, 2.75) is 44.7 Å². The summed E-state index contributed by atoms with van der Waals surface area (Å²) in [5.74, 6) is 0.680. The Morgan fingerprint density at radius 3 is 2.92 bits per heavy atom. The third-order valence-corrected chi connectivity index (χ3v) is 5.50. The van der Waals surface area contributed by atoms with Crippen molar-refractivity contribution < 1.29 is 4.79 Å². The van der Waals surface area contributed by atoms with Crippen LogP contribution in [0.15, 0.2) is 30.9 Å². The van der Waals surface area contributed by atoms with E-state index in [-0.39, 0.29) is 5.91 Å². The highest BCUT2D eigenvalue weighted by atomic mass is 16.1. The van der Waals surface area contributed by atoms with E-state index in [0.29, 0.717) is 18.3 Å². The fraction of sp³-hybridized carbons (Fsp3) is 0.579. The van der Waals surface area contributed by atoms with Crippen molar-refractivity contribution in [2.75, 3.05) is 19.6 Å². The summed E-state index contributed by atoms with van der Waals surface area (Å²) in [6.45, 7) is 3.79. The fourth-order valence-corrected chi connectivity index (χ4v) is 4.23. The van der Waals surface area contributed by atoms with Crippen LogP contribution in [0.2, 0.25) is 0 Å².